The highest BCUT2D eigenvalue weighted by atomic mass is 35.5. The van der Waals surface area contributed by atoms with Crippen LogP contribution >= 0.6 is 11.6 Å². The molecule has 1 atom stereocenters. The van der Waals surface area contributed by atoms with E-state index in [2.05, 4.69) is 10.3 Å². The second-order valence-corrected chi connectivity index (χ2v) is 3.66. The van der Waals surface area contributed by atoms with E-state index in [9.17, 15) is 18.0 Å². The fraction of sp³-hybridized carbons (Fsp3) is 0.400. The van der Waals surface area contributed by atoms with Gasteiger partial charge >= 0.3 is 6.18 Å². The van der Waals surface area contributed by atoms with Crippen molar-refractivity contribution >= 4 is 17.5 Å². The van der Waals surface area contributed by atoms with Gasteiger partial charge in [0.05, 0.1) is 6.04 Å². The van der Waals surface area contributed by atoms with E-state index in [4.69, 9.17) is 11.6 Å². The summed E-state index contributed by atoms with van der Waals surface area (Å²) in [6.45, 7) is 1.63. The molecule has 0 radical (unpaired) electrons. The van der Waals surface area contributed by atoms with Crippen LogP contribution < -0.4 is 5.32 Å². The molecule has 0 aliphatic rings. The molecule has 1 aromatic heterocycles. The lowest BCUT2D eigenvalue weighted by atomic mass is 10.1. The molecule has 0 aliphatic carbocycles. The summed E-state index contributed by atoms with van der Waals surface area (Å²) < 4.78 is 36.7. The number of amides is 1. The van der Waals surface area contributed by atoms with Crippen molar-refractivity contribution in [3.63, 3.8) is 0 Å². The molecule has 94 valence electrons. The molecule has 0 spiro atoms. The molecular weight excluding hydrogens is 257 g/mol. The molecule has 17 heavy (non-hydrogen) atoms. The minimum atomic E-state index is -4.46. The molecule has 0 saturated carbocycles. The molecule has 1 heterocycles. The summed E-state index contributed by atoms with van der Waals surface area (Å²) >= 11 is 5.29. The minimum absolute atomic E-state index is 0.196. The first-order valence-electron chi connectivity index (χ1n) is 4.73. The average molecular weight is 267 g/mol. The van der Waals surface area contributed by atoms with Crippen LogP contribution in [-0.4, -0.2) is 16.8 Å². The zero-order valence-electron chi connectivity index (χ0n) is 8.88. The number of nitrogens with one attached hydrogen (secondary N) is 1. The maximum absolute atomic E-state index is 12.2. The normalized spacial score (nSPS) is 13.2. The Hall–Kier alpha value is -1.30. The number of carbonyl (C=O) groups excluding carboxylic acids is 1. The number of alkyl halides is 4. The predicted molar refractivity (Wildman–Crippen MR) is 56.5 cm³/mol. The van der Waals surface area contributed by atoms with Gasteiger partial charge in [0.15, 0.2) is 0 Å². The maximum Gasteiger partial charge on any atom is 0.433 e. The van der Waals surface area contributed by atoms with Crippen molar-refractivity contribution in [2.45, 2.75) is 19.1 Å². The van der Waals surface area contributed by atoms with Gasteiger partial charge < -0.3 is 5.32 Å². The van der Waals surface area contributed by atoms with E-state index in [0.29, 0.717) is 5.56 Å². The van der Waals surface area contributed by atoms with Gasteiger partial charge in [0.1, 0.15) is 11.6 Å². The van der Waals surface area contributed by atoms with Gasteiger partial charge in [0.25, 0.3) is 0 Å². The number of pyridine rings is 1. The molecule has 1 N–H and O–H groups in total. The van der Waals surface area contributed by atoms with Gasteiger partial charge in [0, 0.05) is 6.20 Å². The Kier molecular flexibility index (Phi) is 4.34. The highest BCUT2D eigenvalue weighted by molar-refractivity contribution is 6.27. The third kappa shape index (κ3) is 3.89. The standard InChI is InChI=1S/C10H10ClF3N2O/c1-6(16-9(17)4-11)7-2-3-8(15-5-7)10(12,13)14/h2-3,5-6H,4H2,1H3,(H,16,17)/t6-/m0/s1. The first-order chi connectivity index (χ1) is 7.84. The highest BCUT2D eigenvalue weighted by Gasteiger charge is 2.32. The van der Waals surface area contributed by atoms with Crippen molar-refractivity contribution in [3.8, 4) is 0 Å². The van der Waals surface area contributed by atoms with Crippen molar-refractivity contribution < 1.29 is 18.0 Å². The van der Waals surface area contributed by atoms with Crippen molar-refractivity contribution in [2.24, 2.45) is 0 Å². The first-order valence-corrected chi connectivity index (χ1v) is 5.26. The largest absolute Gasteiger partial charge is 0.433 e. The van der Waals surface area contributed by atoms with Gasteiger partial charge in [-0.15, -0.1) is 11.6 Å². The quantitative estimate of drug-likeness (QED) is 0.854. The molecule has 0 unspecified atom stereocenters. The second kappa shape index (κ2) is 5.35. The van der Waals surface area contributed by atoms with Crippen LogP contribution in [0.4, 0.5) is 13.2 Å². The Morgan fingerprint density at radius 1 is 1.53 bits per heavy atom. The molecule has 0 fully saturated rings. The van der Waals surface area contributed by atoms with Gasteiger partial charge in [-0.1, -0.05) is 6.07 Å². The first kappa shape index (κ1) is 13.8. The Labute approximate surface area is 101 Å². The summed E-state index contributed by atoms with van der Waals surface area (Å²) in [5.74, 6) is -0.586. The molecule has 1 amide bonds. The molecule has 7 heteroatoms. The number of hydrogen-bond acceptors (Lipinski definition) is 2. The monoisotopic (exact) mass is 266 g/mol. The summed E-state index contributed by atoms with van der Waals surface area (Å²) in [5.41, 5.74) is -0.478. The molecular formula is C10H10ClF3N2O. The van der Waals surface area contributed by atoms with Crippen LogP contribution in [0.5, 0.6) is 0 Å². The summed E-state index contributed by atoms with van der Waals surface area (Å²) in [4.78, 5) is 14.3. The van der Waals surface area contributed by atoms with Crippen LogP contribution in [0.3, 0.4) is 0 Å². The van der Waals surface area contributed by atoms with Crippen LogP contribution in [0.25, 0.3) is 0 Å². The summed E-state index contributed by atoms with van der Waals surface area (Å²) in [6, 6.07) is 1.71. The number of halogens is 4. The molecule has 1 rings (SSSR count). The van der Waals surface area contributed by atoms with Gasteiger partial charge in [-0.05, 0) is 18.6 Å². The fourth-order valence-electron chi connectivity index (χ4n) is 1.19. The Morgan fingerprint density at radius 3 is 2.59 bits per heavy atom. The van der Waals surface area contributed by atoms with Crippen LogP contribution in [-0.2, 0) is 11.0 Å². The van der Waals surface area contributed by atoms with Crippen LogP contribution in [0.1, 0.15) is 24.2 Å². The lowest BCUT2D eigenvalue weighted by Crippen LogP contribution is -2.27. The summed E-state index contributed by atoms with van der Waals surface area (Å²) in [7, 11) is 0. The molecule has 0 saturated heterocycles. The second-order valence-electron chi connectivity index (χ2n) is 3.40. The SMILES string of the molecule is C[C@H](NC(=O)CCl)c1ccc(C(F)(F)F)nc1. The van der Waals surface area contributed by atoms with Crippen LogP contribution in [0, 0.1) is 0 Å². The Morgan fingerprint density at radius 2 is 2.18 bits per heavy atom. The van der Waals surface area contributed by atoms with Gasteiger partial charge in [-0.2, -0.15) is 13.2 Å². The lowest BCUT2D eigenvalue weighted by molar-refractivity contribution is -0.141. The van der Waals surface area contributed by atoms with Crippen LogP contribution in [0.2, 0.25) is 0 Å². The Bertz CT molecular complexity index is 392. The number of aromatic nitrogens is 1. The number of carbonyl (C=O) groups is 1. The smallest absolute Gasteiger partial charge is 0.348 e. The molecule has 0 bridgehead atoms. The molecule has 3 nitrogen and oxygen atoms in total. The van der Waals surface area contributed by atoms with Crippen molar-refractivity contribution in [3.05, 3.63) is 29.6 Å². The van der Waals surface area contributed by atoms with E-state index in [1.54, 1.807) is 6.92 Å². The third-order valence-electron chi connectivity index (χ3n) is 2.08. The van der Waals surface area contributed by atoms with E-state index in [1.807, 2.05) is 0 Å². The van der Waals surface area contributed by atoms with E-state index >= 15 is 0 Å². The predicted octanol–water partition coefficient (Wildman–Crippen LogP) is 2.52. The Balaban J connectivity index is 2.77. The van der Waals surface area contributed by atoms with Gasteiger partial charge in [-0.25, -0.2) is 0 Å². The number of nitrogens with zero attached hydrogens (tertiary/aromatic N) is 1. The molecule has 0 aliphatic heterocycles. The van der Waals surface area contributed by atoms with Gasteiger partial charge in [0.2, 0.25) is 5.91 Å². The summed E-state index contributed by atoms with van der Waals surface area (Å²) in [6.07, 6.45) is -3.37. The average Bonchev–Trinajstić information content (AvgIpc) is 2.27. The maximum atomic E-state index is 12.2. The van der Waals surface area contributed by atoms with E-state index in [-0.39, 0.29) is 11.8 Å². The van der Waals surface area contributed by atoms with E-state index in [1.165, 1.54) is 6.07 Å². The topological polar surface area (TPSA) is 42.0 Å². The zero-order valence-corrected chi connectivity index (χ0v) is 9.64. The molecule has 1 aromatic rings. The van der Waals surface area contributed by atoms with Crippen molar-refractivity contribution in [1.29, 1.82) is 0 Å². The number of hydrogen-bond donors (Lipinski definition) is 1. The third-order valence-corrected chi connectivity index (χ3v) is 2.32. The van der Waals surface area contributed by atoms with E-state index < -0.39 is 17.9 Å². The van der Waals surface area contributed by atoms with Crippen LogP contribution in [0.15, 0.2) is 18.3 Å². The minimum Gasteiger partial charge on any atom is -0.348 e. The van der Waals surface area contributed by atoms with Crippen molar-refractivity contribution in [1.82, 2.24) is 10.3 Å². The summed E-state index contributed by atoms with van der Waals surface area (Å²) in [5, 5.41) is 2.51. The zero-order chi connectivity index (χ0) is 13.1. The number of rotatable bonds is 3. The molecule has 0 aromatic carbocycles. The van der Waals surface area contributed by atoms with E-state index in [0.717, 1.165) is 12.3 Å². The van der Waals surface area contributed by atoms with Crippen molar-refractivity contribution in [2.75, 3.05) is 5.88 Å². The lowest BCUT2D eigenvalue weighted by Gasteiger charge is -2.13. The highest BCUT2D eigenvalue weighted by Crippen LogP contribution is 2.27. The van der Waals surface area contributed by atoms with Gasteiger partial charge in [-0.3, -0.25) is 9.78 Å². The fourth-order valence-corrected chi connectivity index (χ4v) is 1.27.